The van der Waals surface area contributed by atoms with E-state index in [2.05, 4.69) is 36.6 Å². The summed E-state index contributed by atoms with van der Waals surface area (Å²) in [5.41, 5.74) is 3.34. The van der Waals surface area contributed by atoms with E-state index in [0.29, 0.717) is 0 Å². The van der Waals surface area contributed by atoms with E-state index in [-0.39, 0.29) is 0 Å². The van der Waals surface area contributed by atoms with Crippen LogP contribution in [0.4, 0.5) is 0 Å². The third kappa shape index (κ3) is 3.12. The topological polar surface area (TPSA) is 69.6 Å². The first-order valence-corrected chi connectivity index (χ1v) is 9.84. The largest absolute Gasteiger partial charge is 0.361 e. The molecule has 8 heteroatoms. The minimum Gasteiger partial charge on any atom is -0.361 e. The molecule has 0 bridgehead atoms. The number of nitrogens with zero attached hydrogens (tertiary/aromatic N) is 5. The number of halogens is 1. The van der Waals surface area contributed by atoms with Crippen LogP contribution < -0.4 is 0 Å². The highest BCUT2D eigenvalue weighted by Gasteiger charge is 2.19. The zero-order valence-electron chi connectivity index (χ0n) is 13.0. The van der Waals surface area contributed by atoms with Gasteiger partial charge in [-0.05, 0) is 57.8 Å². The van der Waals surface area contributed by atoms with Crippen molar-refractivity contribution in [2.45, 2.75) is 37.2 Å². The van der Waals surface area contributed by atoms with E-state index in [1.807, 2.05) is 24.3 Å². The first-order chi connectivity index (χ1) is 11.8. The van der Waals surface area contributed by atoms with Crippen molar-refractivity contribution in [3.8, 4) is 5.69 Å². The quantitative estimate of drug-likeness (QED) is 0.643. The summed E-state index contributed by atoms with van der Waals surface area (Å²) in [4.78, 5) is 0. The molecule has 0 saturated carbocycles. The van der Waals surface area contributed by atoms with Crippen LogP contribution in [0.15, 0.2) is 33.3 Å². The van der Waals surface area contributed by atoms with Crippen LogP contribution in [0.25, 0.3) is 5.69 Å². The lowest BCUT2D eigenvalue weighted by Gasteiger charge is -2.09. The van der Waals surface area contributed by atoms with Gasteiger partial charge in [0, 0.05) is 22.2 Å². The zero-order chi connectivity index (χ0) is 16.4. The van der Waals surface area contributed by atoms with Crippen molar-refractivity contribution >= 4 is 27.7 Å². The molecule has 0 amide bonds. The molecule has 1 aliphatic rings. The smallest absolute Gasteiger partial charge is 0.166 e. The van der Waals surface area contributed by atoms with Crippen LogP contribution in [0.2, 0.25) is 0 Å². The number of fused-ring (bicyclic) bond motifs is 1. The molecule has 124 valence electrons. The molecule has 4 rings (SSSR count). The van der Waals surface area contributed by atoms with Crippen molar-refractivity contribution in [2.24, 2.45) is 0 Å². The molecule has 0 atom stereocenters. The lowest BCUT2D eigenvalue weighted by Crippen LogP contribution is -2.04. The Balaban J connectivity index is 1.45. The van der Waals surface area contributed by atoms with Gasteiger partial charge in [0.2, 0.25) is 0 Å². The number of tetrazole rings is 1. The highest BCUT2D eigenvalue weighted by Crippen LogP contribution is 2.28. The third-order valence-electron chi connectivity index (χ3n) is 4.12. The fraction of sp³-hybridized carbons (Fsp3) is 0.375. The summed E-state index contributed by atoms with van der Waals surface area (Å²) in [5, 5.41) is 16.3. The van der Waals surface area contributed by atoms with Gasteiger partial charge in [-0.2, -0.15) is 4.68 Å². The highest BCUT2D eigenvalue weighted by molar-refractivity contribution is 9.10. The van der Waals surface area contributed by atoms with Gasteiger partial charge in [-0.1, -0.05) is 17.3 Å². The molecular weight excluding hydrogens is 390 g/mol. The fourth-order valence-electron chi connectivity index (χ4n) is 2.91. The molecule has 0 spiro atoms. The molecule has 3 aromatic rings. The van der Waals surface area contributed by atoms with Gasteiger partial charge >= 0.3 is 0 Å². The molecule has 24 heavy (non-hydrogen) atoms. The lowest BCUT2D eigenvalue weighted by molar-refractivity contribution is 0.369. The summed E-state index contributed by atoms with van der Waals surface area (Å²) in [6.45, 7) is 0. The van der Waals surface area contributed by atoms with E-state index in [4.69, 9.17) is 4.52 Å². The van der Waals surface area contributed by atoms with Crippen molar-refractivity contribution in [3.05, 3.63) is 51.6 Å². The summed E-state index contributed by atoms with van der Waals surface area (Å²) < 4.78 is 8.21. The van der Waals surface area contributed by atoms with E-state index in [1.54, 1.807) is 16.4 Å². The summed E-state index contributed by atoms with van der Waals surface area (Å²) in [6, 6.07) is 7.92. The van der Waals surface area contributed by atoms with Crippen LogP contribution in [0.3, 0.4) is 0 Å². The van der Waals surface area contributed by atoms with Gasteiger partial charge in [0.25, 0.3) is 0 Å². The van der Waals surface area contributed by atoms with Gasteiger partial charge < -0.3 is 4.52 Å². The van der Waals surface area contributed by atoms with Gasteiger partial charge in [0.1, 0.15) is 5.76 Å². The minimum atomic E-state index is 0.718. The number of aryl methyl sites for hydroxylation is 1. The van der Waals surface area contributed by atoms with Gasteiger partial charge in [-0.3, -0.25) is 0 Å². The number of rotatable bonds is 5. The molecule has 2 heterocycles. The molecule has 6 nitrogen and oxygen atoms in total. The van der Waals surface area contributed by atoms with E-state index in [0.717, 1.165) is 51.8 Å². The summed E-state index contributed by atoms with van der Waals surface area (Å²) in [6.07, 6.45) is 4.54. The van der Waals surface area contributed by atoms with Crippen LogP contribution >= 0.6 is 27.7 Å². The Bertz CT molecular complexity index is 847. The Morgan fingerprint density at radius 2 is 2.04 bits per heavy atom. The van der Waals surface area contributed by atoms with Crippen LogP contribution in [0.1, 0.15) is 35.7 Å². The Kier molecular flexibility index (Phi) is 4.66. The van der Waals surface area contributed by atoms with E-state index in [9.17, 15) is 0 Å². The highest BCUT2D eigenvalue weighted by atomic mass is 79.9. The number of benzene rings is 1. The second kappa shape index (κ2) is 7.06. The first kappa shape index (κ1) is 15.8. The number of hydrogen-bond donors (Lipinski definition) is 0. The maximum absolute atomic E-state index is 5.47. The standard InChI is InChI=1S/C16H16BrN5OS/c17-12-6-2-3-7-14(12)22-16(18-20-21-22)10-24-9-13-11-5-1-4-8-15(11)23-19-13/h2-3,6-7H,1,4-5,8-10H2. The number of aromatic nitrogens is 5. The van der Waals surface area contributed by atoms with Crippen molar-refractivity contribution in [2.75, 3.05) is 0 Å². The van der Waals surface area contributed by atoms with Crippen LogP contribution in [-0.4, -0.2) is 25.4 Å². The van der Waals surface area contributed by atoms with E-state index < -0.39 is 0 Å². The van der Waals surface area contributed by atoms with E-state index in [1.165, 1.54) is 18.4 Å². The molecule has 0 radical (unpaired) electrons. The Morgan fingerprint density at radius 3 is 2.96 bits per heavy atom. The van der Waals surface area contributed by atoms with Gasteiger partial charge in [-0.15, -0.1) is 16.9 Å². The normalized spacial score (nSPS) is 13.9. The van der Waals surface area contributed by atoms with Gasteiger partial charge in [0.05, 0.1) is 17.1 Å². The molecular formula is C16H16BrN5OS. The summed E-state index contributed by atoms with van der Waals surface area (Å²) in [7, 11) is 0. The number of hydrogen-bond acceptors (Lipinski definition) is 6. The van der Waals surface area contributed by atoms with Crippen molar-refractivity contribution < 1.29 is 4.52 Å². The van der Waals surface area contributed by atoms with Crippen LogP contribution in [0.5, 0.6) is 0 Å². The predicted molar refractivity (Wildman–Crippen MR) is 95.0 cm³/mol. The molecule has 0 aliphatic heterocycles. The zero-order valence-corrected chi connectivity index (χ0v) is 15.4. The molecule has 0 saturated heterocycles. The fourth-order valence-corrected chi connectivity index (χ4v) is 4.25. The summed E-state index contributed by atoms with van der Waals surface area (Å²) >= 11 is 5.30. The lowest BCUT2D eigenvalue weighted by atomic mass is 9.97. The second-order valence-corrected chi connectivity index (χ2v) is 7.53. The Hall–Kier alpha value is -1.67. The van der Waals surface area contributed by atoms with Gasteiger partial charge in [0.15, 0.2) is 5.82 Å². The molecule has 2 aromatic heterocycles. The van der Waals surface area contributed by atoms with Crippen LogP contribution in [0, 0.1) is 0 Å². The summed E-state index contributed by atoms with van der Waals surface area (Å²) in [5.74, 6) is 3.44. The monoisotopic (exact) mass is 405 g/mol. The van der Waals surface area contributed by atoms with E-state index >= 15 is 0 Å². The maximum Gasteiger partial charge on any atom is 0.166 e. The SMILES string of the molecule is Brc1ccccc1-n1nnnc1CSCc1noc2c1CCCC2. The Morgan fingerprint density at radius 1 is 1.17 bits per heavy atom. The first-order valence-electron chi connectivity index (χ1n) is 7.89. The third-order valence-corrected chi connectivity index (χ3v) is 5.73. The van der Waals surface area contributed by atoms with Crippen LogP contribution in [-0.2, 0) is 24.3 Å². The van der Waals surface area contributed by atoms with Crippen molar-refractivity contribution in [1.82, 2.24) is 25.4 Å². The molecule has 0 N–H and O–H groups in total. The minimum absolute atomic E-state index is 0.718. The number of para-hydroxylation sites is 1. The molecule has 1 aromatic carbocycles. The average molecular weight is 406 g/mol. The predicted octanol–water partition coefficient (Wildman–Crippen LogP) is 3.73. The van der Waals surface area contributed by atoms with Crippen molar-refractivity contribution in [1.29, 1.82) is 0 Å². The molecule has 1 aliphatic carbocycles. The molecule has 0 fully saturated rings. The maximum atomic E-state index is 5.47. The average Bonchev–Trinajstić information content (AvgIpc) is 3.23. The van der Waals surface area contributed by atoms with Crippen molar-refractivity contribution in [3.63, 3.8) is 0 Å². The Labute approximate surface area is 152 Å². The molecule has 0 unspecified atom stereocenters. The second-order valence-electron chi connectivity index (χ2n) is 5.69. The number of thioether (sulfide) groups is 1. The van der Waals surface area contributed by atoms with Gasteiger partial charge in [-0.25, -0.2) is 0 Å².